The van der Waals surface area contributed by atoms with E-state index in [1.54, 1.807) is 0 Å². The van der Waals surface area contributed by atoms with Crippen LogP contribution in [0.4, 0.5) is 0 Å². The van der Waals surface area contributed by atoms with Gasteiger partial charge in [-0.2, -0.15) is 0 Å². The van der Waals surface area contributed by atoms with Gasteiger partial charge >= 0.3 is 0 Å². The molecule has 102 valence electrons. The van der Waals surface area contributed by atoms with E-state index in [-0.39, 0.29) is 11.9 Å². The van der Waals surface area contributed by atoms with E-state index in [1.807, 2.05) is 4.90 Å². The third kappa shape index (κ3) is 2.39. The second-order valence-electron chi connectivity index (χ2n) is 6.02. The van der Waals surface area contributed by atoms with Crippen molar-refractivity contribution >= 4 is 5.91 Å². The highest BCUT2D eigenvalue weighted by Gasteiger charge is 2.29. The first-order valence-electron chi connectivity index (χ1n) is 7.31. The van der Waals surface area contributed by atoms with Gasteiger partial charge in [0.1, 0.15) is 0 Å². The highest BCUT2D eigenvalue weighted by Crippen LogP contribution is 2.26. The molecular formula is C16H22N2O. The maximum atomic E-state index is 12.3. The predicted molar refractivity (Wildman–Crippen MR) is 76.2 cm³/mol. The van der Waals surface area contributed by atoms with Gasteiger partial charge in [0, 0.05) is 24.2 Å². The van der Waals surface area contributed by atoms with Crippen LogP contribution in [-0.4, -0.2) is 29.4 Å². The van der Waals surface area contributed by atoms with Gasteiger partial charge in [-0.05, 0) is 56.8 Å². The lowest BCUT2D eigenvalue weighted by Gasteiger charge is -2.19. The molecule has 1 N–H and O–H groups in total. The summed E-state index contributed by atoms with van der Waals surface area (Å²) in [4.78, 5) is 14.3. The lowest BCUT2D eigenvalue weighted by molar-refractivity contribution is 0.0730. The second kappa shape index (κ2) is 4.97. The van der Waals surface area contributed by atoms with E-state index >= 15 is 0 Å². The zero-order valence-corrected chi connectivity index (χ0v) is 11.8. The van der Waals surface area contributed by atoms with Crippen LogP contribution >= 0.6 is 0 Å². The Hall–Kier alpha value is -1.35. The van der Waals surface area contributed by atoms with Gasteiger partial charge in [-0.1, -0.05) is 12.1 Å². The molecule has 2 aliphatic heterocycles. The van der Waals surface area contributed by atoms with E-state index in [4.69, 9.17) is 0 Å². The van der Waals surface area contributed by atoms with Crippen molar-refractivity contribution in [1.29, 1.82) is 0 Å². The molecule has 1 unspecified atom stereocenters. The van der Waals surface area contributed by atoms with E-state index < -0.39 is 0 Å². The van der Waals surface area contributed by atoms with Crippen molar-refractivity contribution in [1.82, 2.24) is 10.2 Å². The molecule has 2 heterocycles. The van der Waals surface area contributed by atoms with Crippen LogP contribution in [0.2, 0.25) is 0 Å². The van der Waals surface area contributed by atoms with Crippen LogP contribution in [0.5, 0.6) is 0 Å². The van der Waals surface area contributed by atoms with Crippen LogP contribution < -0.4 is 5.32 Å². The average Bonchev–Trinajstić information content (AvgIpc) is 2.98. The second-order valence-corrected chi connectivity index (χ2v) is 6.02. The number of carbonyl (C=O) groups excluding carboxylic acids is 1. The Morgan fingerprint density at radius 2 is 2.26 bits per heavy atom. The Morgan fingerprint density at radius 3 is 2.95 bits per heavy atom. The van der Waals surface area contributed by atoms with Gasteiger partial charge in [-0.15, -0.1) is 0 Å². The molecule has 3 heteroatoms. The van der Waals surface area contributed by atoms with Crippen molar-refractivity contribution in [2.24, 2.45) is 0 Å². The smallest absolute Gasteiger partial charge is 0.254 e. The van der Waals surface area contributed by atoms with Crippen molar-refractivity contribution in [2.45, 2.75) is 51.7 Å². The summed E-state index contributed by atoms with van der Waals surface area (Å²) < 4.78 is 0. The number of amides is 1. The van der Waals surface area contributed by atoms with Crippen LogP contribution in [0.25, 0.3) is 0 Å². The maximum Gasteiger partial charge on any atom is 0.254 e. The summed E-state index contributed by atoms with van der Waals surface area (Å²) in [6, 6.07) is 7.31. The molecule has 1 saturated heterocycles. The van der Waals surface area contributed by atoms with Gasteiger partial charge in [0.25, 0.3) is 5.91 Å². The van der Waals surface area contributed by atoms with Crippen molar-refractivity contribution in [3.63, 3.8) is 0 Å². The summed E-state index contributed by atoms with van der Waals surface area (Å²) in [6.45, 7) is 6.06. The van der Waals surface area contributed by atoms with Crippen LogP contribution in [0.15, 0.2) is 18.2 Å². The Kier molecular flexibility index (Phi) is 3.31. The summed E-state index contributed by atoms with van der Waals surface area (Å²) in [5.74, 6) is 0.200. The van der Waals surface area contributed by atoms with E-state index in [1.165, 1.54) is 24.0 Å². The molecule has 0 radical (unpaired) electrons. The Balaban J connectivity index is 1.79. The van der Waals surface area contributed by atoms with E-state index in [0.717, 1.165) is 25.1 Å². The minimum Gasteiger partial charge on any atom is -0.332 e. The number of benzene rings is 1. The Morgan fingerprint density at radius 1 is 1.42 bits per heavy atom. The molecule has 1 fully saturated rings. The van der Waals surface area contributed by atoms with Crippen molar-refractivity contribution < 1.29 is 4.79 Å². The van der Waals surface area contributed by atoms with Gasteiger partial charge in [-0.3, -0.25) is 4.79 Å². The number of fused-ring (bicyclic) bond motifs is 1. The molecule has 19 heavy (non-hydrogen) atoms. The summed E-state index contributed by atoms with van der Waals surface area (Å²) in [5, 5.41) is 3.52. The first-order valence-corrected chi connectivity index (χ1v) is 7.31. The van der Waals surface area contributed by atoms with E-state index in [2.05, 4.69) is 37.4 Å². The van der Waals surface area contributed by atoms with Crippen molar-refractivity contribution in [3.8, 4) is 0 Å². The number of hydrogen-bond donors (Lipinski definition) is 1. The lowest BCUT2D eigenvalue weighted by Crippen LogP contribution is -2.30. The molecule has 0 saturated carbocycles. The maximum absolute atomic E-state index is 12.3. The first kappa shape index (κ1) is 12.7. The summed E-state index contributed by atoms with van der Waals surface area (Å²) >= 11 is 0. The minimum atomic E-state index is 0.200. The van der Waals surface area contributed by atoms with Gasteiger partial charge in [0.2, 0.25) is 0 Å². The normalized spacial score (nSPS) is 22.4. The Bertz CT molecular complexity index is 490. The molecule has 1 aromatic rings. The third-order valence-corrected chi connectivity index (χ3v) is 4.27. The van der Waals surface area contributed by atoms with Gasteiger partial charge < -0.3 is 10.2 Å². The molecule has 1 aromatic carbocycles. The number of hydrogen-bond acceptors (Lipinski definition) is 2. The minimum absolute atomic E-state index is 0.200. The van der Waals surface area contributed by atoms with Crippen LogP contribution in [0.3, 0.4) is 0 Å². The summed E-state index contributed by atoms with van der Waals surface area (Å²) in [7, 11) is 0. The molecule has 3 nitrogen and oxygen atoms in total. The highest BCUT2D eigenvalue weighted by molar-refractivity contribution is 5.98. The van der Waals surface area contributed by atoms with Gasteiger partial charge in [0.05, 0.1) is 0 Å². The molecule has 1 amide bonds. The summed E-state index contributed by atoms with van der Waals surface area (Å²) in [5.41, 5.74) is 3.39. The zero-order valence-electron chi connectivity index (χ0n) is 11.8. The van der Waals surface area contributed by atoms with Crippen molar-refractivity contribution in [2.75, 3.05) is 6.54 Å². The van der Waals surface area contributed by atoms with E-state index in [9.17, 15) is 4.79 Å². The highest BCUT2D eigenvalue weighted by atomic mass is 16.2. The van der Waals surface area contributed by atoms with Gasteiger partial charge in [-0.25, -0.2) is 0 Å². The molecule has 0 bridgehead atoms. The molecular weight excluding hydrogens is 236 g/mol. The standard InChI is InChI=1S/C16H22N2O/c1-11(2)18-10-13-6-5-12(9-15(13)16(18)19)8-14-4-3-7-17-14/h5-6,9,11,14,17H,3-4,7-8,10H2,1-2H3. The van der Waals surface area contributed by atoms with Crippen molar-refractivity contribution in [3.05, 3.63) is 34.9 Å². The Labute approximate surface area is 115 Å². The monoisotopic (exact) mass is 258 g/mol. The van der Waals surface area contributed by atoms with Crippen LogP contribution in [0.1, 0.15) is 48.2 Å². The quantitative estimate of drug-likeness (QED) is 0.902. The fraction of sp³-hybridized carbons (Fsp3) is 0.562. The van der Waals surface area contributed by atoms with E-state index in [0.29, 0.717) is 6.04 Å². The molecule has 0 aromatic heterocycles. The first-order chi connectivity index (χ1) is 9.15. The molecule has 3 rings (SSSR count). The molecule has 2 aliphatic rings. The molecule has 0 aliphatic carbocycles. The largest absolute Gasteiger partial charge is 0.332 e. The lowest BCUT2D eigenvalue weighted by atomic mass is 10.00. The van der Waals surface area contributed by atoms with Crippen LogP contribution in [0, 0.1) is 0 Å². The van der Waals surface area contributed by atoms with Crippen LogP contribution in [-0.2, 0) is 13.0 Å². The number of rotatable bonds is 3. The third-order valence-electron chi connectivity index (χ3n) is 4.27. The zero-order chi connectivity index (χ0) is 13.4. The number of nitrogens with one attached hydrogen (secondary N) is 1. The summed E-state index contributed by atoms with van der Waals surface area (Å²) in [6.07, 6.45) is 3.57. The SMILES string of the molecule is CC(C)N1Cc2ccc(CC3CCCN3)cc2C1=O. The average molecular weight is 258 g/mol. The number of carbonyl (C=O) groups is 1. The fourth-order valence-electron chi connectivity index (χ4n) is 3.13. The van der Waals surface area contributed by atoms with Gasteiger partial charge in [0.15, 0.2) is 0 Å². The predicted octanol–water partition coefficient (Wildman–Crippen LogP) is 2.35. The number of nitrogens with zero attached hydrogens (tertiary/aromatic N) is 1. The topological polar surface area (TPSA) is 32.3 Å². The molecule has 0 spiro atoms. The molecule has 1 atom stereocenters. The fourth-order valence-corrected chi connectivity index (χ4v) is 3.13.